The number of esters is 1. The number of ether oxygens (including phenoxy) is 1. The van der Waals surface area contributed by atoms with Crippen LogP contribution in [0.1, 0.15) is 32.4 Å². The maximum absolute atomic E-state index is 12.8. The summed E-state index contributed by atoms with van der Waals surface area (Å²) in [5.74, 6) is -0.709. The van der Waals surface area contributed by atoms with Crippen molar-refractivity contribution in [3.8, 4) is 0 Å². The number of rotatable bonds is 3. The summed E-state index contributed by atoms with van der Waals surface area (Å²) in [5.41, 5.74) is 0.445. The summed E-state index contributed by atoms with van der Waals surface area (Å²) >= 11 is 0. The molecule has 3 nitrogen and oxygen atoms in total. The molecule has 0 heterocycles. The Labute approximate surface area is 101 Å². The number of nitrogens with one attached hydrogen (secondary N) is 1. The summed E-state index contributed by atoms with van der Waals surface area (Å²) in [6.45, 7) is 5.85. The van der Waals surface area contributed by atoms with E-state index in [-0.39, 0.29) is 17.3 Å². The first-order chi connectivity index (χ1) is 7.83. The summed E-state index contributed by atoms with van der Waals surface area (Å²) < 4.78 is 17.6. The molecule has 1 N–H and O–H groups in total. The second-order valence-electron chi connectivity index (χ2n) is 4.90. The normalized spacial score (nSPS) is 13.2. The Morgan fingerprint density at radius 2 is 1.82 bits per heavy atom. The molecule has 0 aromatic heterocycles. The number of carbonyl (C=O) groups excluding carboxylic acids is 1. The van der Waals surface area contributed by atoms with E-state index in [0.717, 1.165) is 0 Å². The lowest BCUT2D eigenvalue weighted by Gasteiger charge is -2.27. The third kappa shape index (κ3) is 4.15. The average Bonchev–Trinajstić information content (AvgIpc) is 2.25. The van der Waals surface area contributed by atoms with Gasteiger partial charge in [0.05, 0.1) is 7.11 Å². The van der Waals surface area contributed by atoms with Gasteiger partial charge in [-0.05, 0) is 38.5 Å². The average molecular weight is 239 g/mol. The Hall–Kier alpha value is -1.42. The SMILES string of the molecule is COC(=O)C(NC(C)(C)C)c1ccc(F)cc1. The molecule has 0 saturated carbocycles. The number of halogens is 1. The van der Waals surface area contributed by atoms with Gasteiger partial charge in [-0.3, -0.25) is 5.32 Å². The van der Waals surface area contributed by atoms with Gasteiger partial charge in [-0.2, -0.15) is 0 Å². The highest BCUT2D eigenvalue weighted by molar-refractivity contribution is 5.77. The molecule has 1 rings (SSSR count). The molecule has 1 aromatic rings. The van der Waals surface area contributed by atoms with Crippen LogP contribution >= 0.6 is 0 Å². The number of hydrogen-bond acceptors (Lipinski definition) is 3. The lowest BCUT2D eigenvalue weighted by Crippen LogP contribution is -2.42. The van der Waals surface area contributed by atoms with Crippen molar-refractivity contribution in [1.29, 1.82) is 0 Å². The third-order valence-corrected chi connectivity index (χ3v) is 2.22. The topological polar surface area (TPSA) is 38.3 Å². The molecular formula is C13H18FNO2. The fourth-order valence-electron chi connectivity index (χ4n) is 1.48. The number of methoxy groups -OCH3 is 1. The van der Waals surface area contributed by atoms with Gasteiger partial charge >= 0.3 is 5.97 Å². The monoisotopic (exact) mass is 239 g/mol. The molecule has 0 fully saturated rings. The summed E-state index contributed by atoms with van der Waals surface area (Å²) in [6.07, 6.45) is 0. The highest BCUT2D eigenvalue weighted by Crippen LogP contribution is 2.18. The van der Waals surface area contributed by atoms with E-state index in [4.69, 9.17) is 4.74 Å². The van der Waals surface area contributed by atoms with Crippen molar-refractivity contribution in [2.45, 2.75) is 32.4 Å². The molecule has 0 aliphatic heterocycles. The highest BCUT2D eigenvalue weighted by atomic mass is 19.1. The van der Waals surface area contributed by atoms with Crippen LogP contribution in [0.4, 0.5) is 4.39 Å². The van der Waals surface area contributed by atoms with Crippen LogP contribution < -0.4 is 5.32 Å². The molecule has 1 aromatic carbocycles. The van der Waals surface area contributed by atoms with Crippen LogP contribution in [0.5, 0.6) is 0 Å². The molecule has 1 unspecified atom stereocenters. The van der Waals surface area contributed by atoms with Gasteiger partial charge < -0.3 is 4.74 Å². The molecule has 4 heteroatoms. The maximum atomic E-state index is 12.8. The predicted octanol–water partition coefficient (Wildman–Crippen LogP) is 2.43. The zero-order valence-electron chi connectivity index (χ0n) is 10.6. The van der Waals surface area contributed by atoms with E-state index >= 15 is 0 Å². The van der Waals surface area contributed by atoms with Crippen LogP contribution in [-0.4, -0.2) is 18.6 Å². The van der Waals surface area contributed by atoms with E-state index in [2.05, 4.69) is 5.32 Å². The van der Waals surface area contributed by atoms with Crippen LogP contribution in [0.15, 0.2) is 24.3 Å². The Bertz CT molecular complexity index is 381. The minimum atomic E-state index is -0.583. The number of hydrogen-bond donors (Lipinski definition) is 1. The van der Waals surface area contributed by atoms with Crippen molar-refractivity contribution in [3.63, 3.8) is 0 Å². The minimum Gasteiger partial charge on any atom is -0.468 e. The van der Waals surface area contributed by atoms with Crippen LogP contribution in [0.25, 0.3) is 0 Å². The Kier molecular flexibility index (Phi) is 4.23. The second kappa shape index (κ2) is 5.27. The Balaban J connectivity index is 2.98. The van der Waals surface area contributed by atoms with Crippen molar-refractivity contribution in [3.05, 3.63) is 35.6 Å². The molecule has 17 heavy (non-hydrogen) atoms. The molecule has 0 spiro atoms. The van der Waals surface area contributed by atoms with Gasteiger partial charge in [0.1, 0.15) is 11.9 Å². The van der Waals surface area contributed by atoms with Crippen LogP contribution in [0.3, 0.4) is 0 Å². The van der Waals surface area contributed by atoms with Crippen molar-refractivity contribution < 1.29 is 13.9 Å². The molecule has 0 bridgehead atoms. The van der Waals surface area contributed by atoms with Gasteiger partial charge in [0.2, 0.25) is 0 Å². The summed E-state index contributed by atoms with van der Waals surface area (Å²) in [7, 11) is 1.34. The summed E-state index contributed by atoms with van der Waals surface area (Å²) in [5, 5.41) is 3.15. The van der Waals surface area contributed by atoms with Crippen LogP contribution in [0, 0.1) is 5.82 Å². The number of carbonyl (C=O) groups is 1. The standard InChI is InChI=1S/C13H18FNO2/c1-13(2,3)15-11(12(16)17-4)9-5-7-10(14)8-6-9/h5-8,11,15H,1-4H3. The first kappa shape index (κ1) is 13.6. The summed E-state index contributed by atoms with van der Waals surface area (Å²) in [6, 6.07) is 5.23. The molecule has 0 aliphatic rings. The van der Waals surface area contributed by atoms with Crippen molar-refractivity contribution >= 4 is 5.97 Å². The zero-order valence-corrected chi connectivity index (χ0v) is 10.6. The van der Waals surface area contributed by atoms with E-state index in [1.54, 1.807) is 12.1 Å². The second-order valence-corrected chi connectivity index (χ2v) is 4.90. The fourth-order valence-corrected chi connectivity index (χ4v) is 1.48. The lowest BCUT2D eigenvalue weighted by molar-refractivity contribution is -0.143. The van der Waals surface area contributed by atoms with Gasteiger partial charge in [0, 0.05) is 5.54 Å². The van der Waals surface area contributed by atoms with Crippen molar-refractivity contribution in [2.24, 2.45) is 0 Å². The minimum absolute atomic E-state index is 0.243. The van der Waals surface area contributed by atoms with E-state index in [9.17, 15) is 9.18 Å². The molecule has 1 atom stereocenters. The number of benzene rings is 1. The largest absolute Gasteiger partial charge is 0.468 e. The maximum Gasteiger partial charge on any atom is 0.327 e. The smallest absolute Gasteiger partial charge is 0.327 e. The van der Waals surface area contributed by atoms with E-state index in [1.165, 1.54) is 19.2 Å². The summed E-state index contributed by atoms with van der Waals surface area (Å²) in [4.78, 5) is 11.7. The van der Waals surface area contributed by atoms with Crippen molar-refractivity contribution in [2.75, 3.05) is 7.11 Å². The molecule has 94 valence electrons. The first-order valence-electron chi connectivity index (χ1n) is 5.44. The molecule has 0 saturated heterocycles. The van der Waals surface area contributed by atoms with E-state index in [0.29, 0.717) is 5.56 Å². The van der Waals surface area contributed by atoms with Crippen molar-refractivity contribution in [1.82, 2.24) is 5.32 Å². The fraction of sp³-hybridized carbons (Fsp3) is 0.462. The molecule has 0 aliphatic carbocycles. The first-order valence-corrected chi connectivity index (χ1v) is 5.44. The lowest BCUT2D eigenvalue weighted by atomic mass is 10.0. The molecule has 0 amide bonds. The van der Waals surface area contributed by atoms with E-state index < -0.39 is 6.04 Å². The Morgan fingerprint density at radius 1 is 1.29 bits per heavy atom. The molecular weight excluding hydrogens is 221 g/mol. The third-order valence-electron chi connectivity index (χ3n) is 2.22. The van der Waals surface area contributed by atoms with E-state index in [1.807, 2.05) is 20.8 Å². The molecule has 0 radical (unpaired) electrons. The van der Waals surface area contributed by atoms with Gasteiger partial charge in [0.25, 0.3) is 0 Å². The van der Waals surface area contributed by atoms with Gasteiger partial charge in [-0.15, -0.1) is 0 Å². The Morgan fingerprint density at radius 3 is 2.24 bits per heavy atom. The van der Waals surface area contributed by atoms with Gasteiger partial charge in [-0.1, -0.05) is 12.1 Å². The zero-order chi connectivity index (χ0) is 13.1. The van der Waals surface area contributed by atoms with Crippen LogP contribution in [0.2, 0.25) is 0 Å². The van der Waals surface area contributed by atoms with Gasteiger partial charge in [-0.25, -0.2) is 9.18 Å². The predicted molar refractivity (Wildman–Crippen MR) is 64.0 cm³/mol. The quantitative estimate of drug-likeness (QED) is 0.823. The van der Waals surface area contributed by atoms with Gasteiger partial charge in [0.15, 0.2) is 0 Å². The highest BCUT2D eigenvalue weighted by Gasteiger charge is 2.25. The van der Waals surface area contributed by atoms with Crippen LogP contribution in [-0.2, 0) is 9.53 Å².